The van der Waals surface area contributed by atoms with Crippen molar-refractivity contribution in [2.45, 2.75) is 59.2 Å². The third-order valence-electron chi connectivity index (χ3n) is 6.43. The normalized spacial score (nSPS) is 40.0. The lowest BCUT2D eigenvalue weighted by molar-refractivity contribution is -0.150. The molecule has 2 fully saturated rings. The third-order valence-corrected chi connectivity index (χ3v) is 6.43. The van der Waals surface area contributed by atoms with Crippen molar-refractivity contribution in [3.8, 4) is 0 Å². The van der Waals surface area contributed by atoms with Crippen molar-refractivity contribution in [1.82, 2.24) is 0 Å². The van der Waals surface area contributed by atoms with Crippen molar-refractivity contribution in [2.24, 2.45) is 22.7 Å². The van der Waals surface area contributed by atoms with Crippen molar-refractivity contribution < 1.29 is 14.6 Å². The van der Waals surface area contributed by atoms with Gasteiger partial charge in [-0.15, -0.1) is 0 Å². The topological polar surface area (TPSA) is 46.5 Å². The zero-order valence-corrected chi connectivity index (χ0v) is 14.5. The Bertz CT molecular complexity index is 584. The van der Waals surface area contributed by atoms with Gasteiger partial charge in [-0.1, -0.05) is 51.5 Å². The molecule has 3 nitrogen and oxygen atoms in total. The highest BCUT2D eigenvalue weighted by Crippen LogP contribution is 2.61. The molecule has 3 rings (SSSR count). The number of aliphatic hydroxyl groups excluding tert-OH is 1. The summed E-state index contributed by atoms with van der Waals surface area (Å²) < 4.78 is 4.76. The van der Waals surface area contributed by atoms with E-state index in [1.165, 1.54) is 37.3 Å². The summed E-state index contributed by atoms with van der Waals surface area (Å²) in [5.41, 5.74) is 2.29. The number of ether oxygens (including phenoxy) is 1. The van der Waals surface area contributed by atoms with E-state index in [-0.39, 0.29) is 11.3 Å². The van der Waals surface area contributed by atoms with Crippen LogP contribution >= 0.6 is 0 Å². The van der Waals surface area contributed by atoms with Crippen molar-refractivity contribution >= 4 is 5.97 Å². The Hall–Kier alpha value is -1.35. The fourth-order valence-corrected chi connectivity index (χ4v) is 5.32. The number of cyclic esters (lactones) is 1. The first-order valence-electron chi connectivity index (χ1n) is 8.71. The number of hydrogen-bond donors (Lipinski definition) is 1. The van der Waals surface area contributed by atoms with Gasteiger partial charge in [0.15, 0.2) is 0 Å². The van der Waals surface area contributed by atoms with Crippen LogP contribution in [0, 0.1) is 22.7 Å². The lowest BCUT2D eigenvalue weighted by Gasteiger charge is -2.57. The van der Waals surface area contributed by atoms with Gasteiger partial charge < -0.3 is 9.84 Å². The smallest absolute Gasteiger partial charge is 0.340 e. The molecule has 1 aliphatic heterocycles. The second-order valence-corrected chi connectivity index (χ2v) is 8.35. The highest BCUT2D eigenvalue weighted by Gasteiger charge is 2.52. The molecule has 2 aliphatic carbocycles. The lowest BCUT2D eigenvalue weighted by Crippen LogP contribution is -2.48. The number of aliphatic hydroxyl groups is 1. The maximum atomic E-state index is 11.7. The van der Waals surface area contributed by atoms with Crippen LogP contribution in [-0.2, 0) is 9.53 Å². The van der Waals surface area contributed by atoms with E-state index in [2.05, 4.69) is 33.4 Å². The van der Waals surface area contributed by atoms with Crippen LogP contribution in [0.4, 0.5) is 0 Å². The van der Waals surface area contributed by atoms with Gasteiger partial charge >= 0.3 is 5.97 Å². The van der Waals surface area contributed by atoms with Crippen LogP contribution in [0.3, 0.4) is 0 Å². The third kappa shape index (κ3) is 2.80. The molecule has 1 heterocycles. The van der Waals surface area contributed by atoms with Gasteiger partial charge in [-0.05, 0) is 48.5 Å². The Morgan fingerprint density at radius 1 is 1.35 bits per heavy atom. The minimum Gasteiger partial charge on any atom is -0.429 e. The average Bonchev–Trinajstić information content (AvgIpc) is 2.75. The van der Waals surface area contributed by atoms with Crippen molar-refractivity contribution in [2.75, 3.05) is 0 Å². The molecule has 3 heteroatoms. The molecular weight excluding hydrogens is 288 g/mol. The van der Waals surface area contributed by atoms with Crippen LogP contribution in [0.1, 0.15) is 52.9 Å². The van der Waals surface area contributed by atoms with Gasteiger partial charge in [0.1, 0.15) is 0 Å². The number of fused-ring (bicyclic) bond motifs is 1. The molecular formula is C20H28O3. The van der Waals surface area contributed by atoms with Crippen LogP contribution in [0.2, 0.25) is 0 Å². The number of rotatable bonds is 2. The predicted octanol–water partition coefficient (Wildman–Crippen LogP) is 4.14. The maximum Gasteiger partial charge on any atom is 0.340 e. The monoisotopic (exact) mass is 316 g/mol. The van der Waals surface area contributed by atoms with Crippen molar-refractivity contribution in [1.29, 1.82) is 0 Å². The fourth-order valence-electron chi connectivity index (χ4n) is 5.32. The van der Waals surface area contributed by atoms with Crippen molar-refractivity contribution in [3.05, 3.63) is 36.0 Å². The van der Waals surface area contributed by atoms with Crippen LogP contribution in [0.5, 0.6) is 0 Å². The molecule has 0 bridgehead atoms. The summed E-state index contributed by atoms with van der Waals surface area (Å²) in [6.07, 6.45) is 10.3. The highest BCUT2D eigenvalue weighted by atomic mass is 16.6. The number of allylic oxidation sites excluding steroid dienone is 2. The Balaban J connectivity index is 1.89. The van der Waals surface area contributed by atoms with E-state index in [1.807, 2.05) is 6.08 Å². The van der Waals surface area contributed by atoms with E-state index in [0.29, 0.717) is 16.9 Å². The van der Waals surface area contributed by atoms with Gasteiger partial charge in [0, 0.05) is 5.92 Å². The number of carbonyl (C=O) groups is 1. The molecule has 1 N–H and O–H groups in total. The second-order valence-electron chi connectivity index (χ2n) is 8.35. The summed E-state index contributed by atoms with van der Waals surface area (Å²) in [5, 5.41) is 9.39. The Labute approximate surface area is 139 Å². The first-order valence-corrected chi connectivity index (χ1v) is 8.71. The van der Waals surface area contributed by atoms with E-state index >= 15 is 0 Å². The molecule has 0 amide bonds. The first kappa shape index (κ1) is 16.5. The zero-order chi connectivity index (χ0) is 16.8. The van der Waals surface area contributed by atoms with Crippen LogP contribution in [-0.4, -0.2) is 17.4 Å². The predicted molar refractivity (Wildman–Crippen MR) is 90.4 cm³/mol. The standard InChI is InChI=1S/C20H28O3/c1-13-6-9-16-19(2,3)10-5-11-20(16,4)15(13)8-7-14-12-17(21)23-18(14)22/h7-8,12,15-17,21H,1,5-6,9-11H2,2-4H3/b8-7+/t15-,16-,17-,20+/m0/s1. The van der Waals surface area contributed by atoms with Gasteiger partial charge in [-0.25, -0.2) is 4.79 Å². The quantitative estimate of drug-likeness (QED) is 0.615. The Kier molecular flexibility index (Phi) is 4.04. The zero-order valence-electron chi connectivity index (χ0n) is 14.5. The van der Waals surface area contributed by atoms with Gasteiger partial charge in [0.2, 0.25) is 6.29 Å². The van der Waals surface area contributed by atoms with Gasteiger partial charge in [-0.3, -0.25) is 0 Å². The largest absolute Gasteiger partial charge is 0.429 e. The minimum atomic E-state index is -1.10. The van der Waals surface area contributed by atoms with E-state index < -0.39 is 12.3 Å². The van der Waals surface area contributed by atoms with Crippen LogP contribution < -0.4 is 0 Å². The first-order chi connectivity index (χ1) is 10.7. The average molecular weight is 316 g/mol. The summed E-state index contributed by atoms with van der Waals surface area (Å²) >= 11 is 0. The number of esters is 1. The lowest BCUT2D eigenvalue weighted by atomic mass is 9.47. The summed E-state index contributed by atoms with van der Waals surface area (Å²) in [7, 11) is 0. The minimum absolute atomic E-state index is 0.204. The molecule has 23 heavy (non-hydrogen) atoms. The van der Waals surface area contributed by atoms with Crippen molar-refractivity contribution in [3.63, 3.8) is 0 Å². The molecule has 126 valence electrons. The number of hydrogen-bond acceptors (Lipinski definition) is 3. The Morgan fingerprint density at radius 2 is 2.09 bits per heavy atom. The molecule has 2 saturated carbocycles. The van der Waals surface area contributed by atoms with E-state index in [4.69, 9.17) is 4.74 Å². The summed E-state index contributed by atoms with van der Waals surface area (Å²) in [4.78, 5) is 11.7. The molecule has 3 aliphatic rings. The SMILES string of the molecule is C=C1CC[C@H]2C(C)(C)CCC[C@]2(C)[C@H]1/C=C/C1=C[C@@H](O)OC1=O. The fraction of sp³-hybridized carbons (Fsp3) is 0.650. The molecule has 0 saturated heterocycles. The summed E-state index contributed by atoms with van der Waals surface area (Å²) in [6, 6.07) is 0. The molecule has 4 atom stereocenters. The van der Waals surface area contributed by atoms with E-state index in [9.17, 15) is 9.90 Å². The maximum absolute atomic E-state index is 11.7. The molecule has 0 unspecified atom stereocenters. The van der Waals surface area contributed by atoms with Crippen LogP contribution in [0.15, 0.2) is 36.0 Å². The van der Waals surface area contributed by atoms with E-state index in [0.717, 1.165) is 6.42 Å². The highest BCUT2D eigenvalue weighted by molar-refractivity contribution is 5.93. The summed E-state index contributed by atoms with van der Waals surface area (Å²) in [6.45, 7) is 11.5. The molecule has 0 aromatic rings. The van der Waals surface area contributed by atoms with Gasteiger partial charge in [-0.2, -0.15) is 0 Å². The van der Waals surface area contributed by atoms with Gasteiger partial charge in [0.05, 0.1) is 5.57 Å². The molecule has 0 spiro atoms. The summed E-state index contributed by atoms with van der Waals surface area (Å²) in [5.74, 6) is 0.520. The molecule has 0 aromatic heterocycles. The van der Waals surface area contributed by atoms with Gasteiger partial charge in [0.25, 0.3) is 0 Å². The molecule has 0 aromatic carbocycles. The van der Waals surface area contributed by atoms with E-state index in [1.54, 1.807) is 0 Å². The second kappa shape index (κ2) is 5.62. The Morgan fingerprint density at radius 3 is 2.74 bits per heavy atom. The number of carbonyl (C=O) groups excluding carboxylic acids is 1. The van der Waals surface area contributed by atoms with Crippen LogP contribution in [0.25, 0.3) is 0 Å². The molecule has 0 radical (unpaired) electrons.